The highest BCUT2D eigenvalue weighted by atomic mass is 32.2. The van der Waals surface area contributed by atoms with Gasteiger partial charge in [0.05, 0.1) is 7.11 Å². The molecule has 0 saturated heterocycles. The summed E-state index contributed by atoms with van der Waals surface area (Å²) in [7, 11) is 1.58. The van der Waals surface area contributed by atoms with E-state index in [1.165, 1.54) is 4.68 Å². The van der Waals surface area contributed by atoms with E-state index in [0.29, 0.717) is 29.3 Å². The monoisotopic (exact) mass is 364 g/mol. The van der Waals surface area contributed by atoms with Crippen LogP contribution in [0.1, 0.15) is 19.3 Å². The molecule has 0 amide bonds. The van der Waals surface area contributed by atoms with Crippen molar-refractivity contribution in [1.82, 2.24) is 14.9 Å². The summed E-state index contributed by atoms with van der Waals surface area (Å²) in [6.07, 6.45) is 8.96. The van der Waals surface area contributed by atoms with E-state index in [-0.39, 0.29) is 5.16 Å². The molecule has 1 aromatic heterocycles. The first-order valence-electron chi connectivity index (χ1n) is 7.91. The van der Waals surface area contributed by atoms with Crippen LogP contribution in [0.5, 0.6) is 5.75 Å². The van der Waals surface area contributed by atoms with Gasteiger partial charge in [-0.3, -0.25) is 0 Å². The summed E-state index contributed by atoms with van der Waals surface area (Å²) in [4.78, 5) is 0. The molecule has 0 bridgehead atoms. The molecule has 2 aromatic rings. The number of nitrogens with zero attached hydrogens (tertiary/aromatic N) is 4. The average molecular weight is 364 g/mol. The van der Waals surface area contributed by atoms with Crippen molar-refractivity contribution in [2.24, 2.45) is 11.0 Å². The van der Waals surface area contributed by atoms with Crippen LogP contribution in [0.4, 0.5) is 8.78 Å². The summed E-state index contributed by atoms with van der Waals surface area (Å²) in [5.74, 6) is -1.16. The molecule has 0 unspecified atom stereocenters. The summed E-state index contributed by atoms with van der Waals surface area (Å²) in [6.45, 7) is 0. The predicted molar refractivity (Wildman–Crippen MR) is 94.2 cm³/mol. The lowest BCUT2D eigenvalue weighted by Gasteiger charge is -2.12. The molecule has 5 nitrogen and oxygen atoms in total. The molecule has 0 saturated carbocycles. The number of halogens is 2. The maximum absolute atomic E-state index is 12.8. The Morgan fingerprint density at radius 1 is 1.28 bits per heavy atom. The fraction of sp³-hybridized carbons (Fsp3) is 0.353. The van der Waals surface area contributed by atoms with E-state index in [9.17, 15) is 8.78 Å². The quantitative estimate of drug-likeness (QED) is 0.431. The van der Waals surface area contributed by atoms with Gasteiger partial charge >= 0.3 is 0 Å². The maximum atomic E-state index is 12.8. The second-order valence-corrected chi connectivity index (χ2v) is 6.49. The Balaban J connectivity index is 1.92. The molecule has 8 heteroatoms. The van der Waals surface area contributed by atoms with Crippen molar-refractivity contribution in [1.29, 1.82) is 0 Å². The normalized spacial score (nSPS) is 17.5. The van der Waals surface area contributed by atoms with Crippen LogP contribution in [-0.4, -0.2) is 34.0 Å². The minimum absolute atomic E-state index is 0.0726. The molecule has 1 aliphatic carbocycles. The van der Waals surface area contributed by atoms with Gasteiger partial charge in [0, 0.05) is 11.8 Å². The number of aromatic nitrogens is 3. The zero-order valence-electron chi connectivity index (χ0n) is 13.7. The van der Waals surface area contributed by atoms with Gasteiger partial charge in [0.25, 0.3) is 5.76 Å². The van der Waals surface area contributed by atoms with Crippen LogP contribution in [0.15, 0.2) is 46.7 Å². The summed E-state index contributed by atoms with van der Waals surface area (Å²) >= 11 is 0.338. The number of thioether (sulfide) groups is 1. The topological polar surface area (TPSA) is 52.3 Å². The van der Waals surface area contributed by atoms with Crippen molar-refractivity contribution in [3.8, 4) is 17.1 Å². The zero-order chi connectivity index (χ0) is 17.6. The minimum atomic E-state index is -2.58. The number of alkyl halides is 2. The summed E-state index contributed by atoms with van der Waals surface area (Å²) in [5.41, 5.74) is 0.732. The standard InChI is InChI=1S/C17H18F2N4OS/c1-24-14-9-7-13(8-10-14)15-21-22-17(25-16(18)19)23(15)20-11-12-5-3-2-4-6-12/h2-3,7-12,16H,4-6H2,1H3/b20-11-/t12-/m1/s1. The molecule has 132 valence electrons. The number of benzene rings is 1. The van der Waals surface area contributed by atoms with Crippen molar-refractivity contribution in [3.05, 3.63) is 36.4 Å². The van der Waals surface area contributed by atoms with E-state index in [0.717, 1.165) is 24.8 Å². The van der Waals surface area contributed by atoms with Gasteiger partial charge in [0.15, 0.2) is 5.82 Å². The summed E-state index contributed by atoms with van der Waals surface area (Å²) in [5, 5.41) is 12.4. The molecule has 0 fully saturated rings. The van der Waals surface area contributed by atoms with Crippen LogP contribution in [0.3, 0.4) is 0 Å². The van der Waals surface area contributed by atoms with Gasteiger partial charge in [0.1, 0.15) is 5.75 Å². The highest BCUT2D eigenvalue weighted by molar-refractivity contribution is 7.99. The summed E-state index contributed by atoms with van der Waals surface area (Å²) in [6, 6.07) is 7.16. The fourth-order valence-corrected chi connectivity index (χ4v) is 3.04. The molecule has 0 radical (unpaired) electrons. The average Bonchev–Trinajstić information content (AvgIpc) is 3.02. The molecule has 0 spiro atoms. The van der Waals surface area contributed by atoms with Crippen LogP contribution < -0.4 is 4.74 Å². The van der Waals surface area contributed by atoms with Crippen LogP contribution >= 0.6 is 11.8 Å². The van der Waals surface area contributed by atoms with Gasteiger partial charge in [-0.2, -0.15) is 18.6 Å². The van der Waals surface area contributed by atoms with Crippen LogP contribution in [0.2, 0.25) is 0 Å². The Bertz CT molecular complexity index is 759. The van der Waals surface area contributed by atoms with Gasteiger partial charge in [-0.25, -0.2) is 0 Å². The van der Waals surface area contributed by atoms with Crippen molar-refractivity contribution in [2.75, 3.05) is 7.11 Å². The molecule has 0 N–H and O–H groups in total. The minimum Gasteiger partial charge on any atom is -0.497 e. The summed E-state index contributed by atoms with van der Waals surface area (Å²) < 4.78 is 32.1. The Morgan fingerprint density at radius 2 is 2.08 bits per heavy atom. The SMILES string of the molecule is COc1ccc(-c2nnc(SC(F)F)n2/N=C\[C@@H]2CC=CCC2)cc1. The molecule has 1 atom stereocenters. The Hall–Kier alpha value is -2.22. The van der Waals surface area contributed by atoms with Crippen LogP contribution in [0, 0.1) is 5.92 Å². The highest BCUT2D eigenvalue weighted by Crippen LogP contribution is 2.29. The van der Waals surface area contributed by atoms with Crippen molar-refractivity contribution in [3.63, 3.8) is 0 Å². The van der Waals surface area contributed by atoms with Gasteiger partial charge in [-0.15, -0.1) is 10.2 Å². The molecular weight excluding hydrogens is 346 g/mol. The molecule has 3 rings (SSSR count). The maximum Gasteiger partial charge on any atom is 0.291 e. The third-order valence-electron chi connectivity index (χ3n) is 3.86. The van der Waals surface area contributed by atoms with Crippen molar-refractivity contribution >= 4 is 18.0 Å². The Morgan fingerprint density at radius 3 is 2.72 bits per heavy atom. The van der Waals surface area contributed by atoms with Crippen molar-refractivity contribution < 1.29 is 13.5 Å². The predicted octanol–water partition coefficient (Wildman–Crippen LogP) is 4.46. The first kappa shape index (κ1) is 17.6. The lowest BCUT2D eigenvalue weighted by Crippen LogP contribution is -2.06. The second-order valence-electron chi connectivity index (χ2n) is 5.53. The van der Waals surface area contributed by atoms with Gasteiger partial charge in [-0.1, -0.05) is 12.2 Å². The van der Waals surface area contributed by atoms with E-state index in [1.807, 2.05) is 0 Å². The van der Waals surface area contributed by atoms with E-state index >= 15 is 0 Å². The van der Waals surface area contributed by atoms with E-state index in [1.54, 1.807) is 37.6 Å². The first-order valence-corrected chi connectivity index (χ1v) is 8.79. The molecule has 1 heterocycles. The molecule has 25 heavy (non-hydrogen) atoms. The van der Waals surface area contributed by atoms with E-state index in [2.05, 4.69) is 27.5 Å². The Kier molecular flexibility index (Phi) is 5.80. The van der Waals surface area contributed by atoms with Crippen molar-refractivity contribution in [2.45, 2.75) is 30.2 Å². The van der Waals surface area contributed by atoms with Gasteiger partial charge in [-0.05, 0) is 61.2 Å². The smallest absolute Gasteiger partial charge is 0.291 e. The second kappa shape index (κ2) is 8.24. The third-order valence-corrected chi connectivity index (χ3v) is 4.50. The number of ether oxygens (including phenoxy) is 1. The molecule has 1 aliphatic rings. The molecule has 0 aliphatic heterocycles. The molecular formula is C17H18F2N4OS. The van der Waals surface area contributed by atoms with Gasteiger partial charge < -0.3 is 4.74 Å². The lowest BCUT2D eigenvalue weighted by molar-refractivity contribution is 0.251. The Labute approximate surface area is 148 Å². The van der Waals surface area contributed by atoms with Crippen LogP contribution in [0.25, 0.3) is 11.4 Å². The highest BCUT2D eigenvalue weighted by Gasteiger charge is 2.18. The molecule has 1 aromatic carbocycles. The number of methoxy groups -OCH3 is 1. The number of rotatable bonds is 6. The van der Waals surface area contributed by atoms with Gasteiger partial charge in [0.2, 0.25) is 5.16 Å². The largest absolute Gasteiger partial charge is 0.497 e. The fourth-order valence-electron chi connectivity index (χ4n) is 2.56. The number of hydrogen-bond donors (Lipinski definition) is 0. The van der Waals surface area contributed by atoms with E-state index < -0.39 is 5.76 Å². The number of hydrogen-bond acceptors (Lipinski definition) is 5. The lowest BCUT2D eigenvalue weighted by atomic mass is 9.96. The van der Waals surface area contributed by atoms with E-state index in [4.69, 9.17) is 4.74 Å². The van der Waals surface area contributed by atoms with Crippen LogP contribution in [-0.2, 0) is 0 Å². The zero-order valence-corrected chi connectivity index (χ0v) is 14.5. The number of allylic oxidation sites excluding steroid dienone is 2. The third kappa shape index (κ3) is 4.45. The first-order chi connectivity index (χ1) is 12.2.